The monoisotopic (exact) mass is 280 g/mol. The Hall–Kier alpha value is -0.300. The molecule has 0 aromatic rings. The maximum Gasteiger partial charge on any atom is 0.0842 e. The van der Waals surface area contributed by atoms with Gasteiger partial charge in [-0.15, -0.1) is 0 Å². The third-order valence-corrected chi connectivity index (χ3v) is 4.28. The molecule has 0 N–H and O–H groups in total. The van der Waals surface area contributed by atoms with E-state index < -0.39 is 0 Å². The van der Waals surface area contributed by atoms with Gasteiger partial charge < -0.3 is 4.74 Å². The maximum absolute atomic E-state index is 5.76. The van der Waals surface area contributed by atoms with Crippen molar-refractivity contribution in [3.8, 4) is 0 Å². The van der Waals surface area contributed by atoms with Crippen LogP contribution in [-0.2, 0) is 4.74 Å². The van der Waals surface area contributed by atoms with E-state index in [-0.39, 0.29) is 0 Å². The van der Waals surface area contributed by atoms with Crippen LogP contribution < -0.4 is 0 Å². The molecule has 1 nitrogen and oxygen atoms in total. The minimum Gasteiger partial charge on any atom is -0.370 e. The third-order valence-electron chi connectivity index (χ3n) is 4.28. The van der Waals surface area contributed by atoms with Gasteiger partial charge in [-0.2, -0.15) is 0 Å². The van der Waals surface area contributed by atoms with E-state index in [0.29, 0.717) is 12.2 Å². The van der Waals surface area contributed by atoms with E-state index in [1.165, 1.54) is 82.6 Å². The van der Waals surface area contributed by atoms with Gasteiger partial charge in [0, 0.05) is 0 Å². The molecule has 0 radical (unpaired) electrons. The fourth-order valence-corrected chi connectivity index (χ4v) is 2.88. The number of hydrogen-bond acceptors (Lipinski definition) is 1. The highest BCUT2D eigenvalue weighted by molar-refractivity contribution is 4.93. The van der Waals surface area contributed by atoms with Crippen LogP contribution in [0.4, 0.5) is 0 Å². The highest BCUT2D eigenvalue weighted by Gasteiger charge is 2.36. The van der Waals surface area contributed by atoms with Gasteiger partial charge in [0.15, 0.2) is 0 Å². The van der Waals surface area contributed by atoms with Gasteiger partial charge in [0.05, 0.1) is 12.2 Å². The Kier molecular flexibility index (Phi) is 10.1. The zero-order chi connectivity index (χ0) is 14.6. The van der Waals surface area contributed by atoms with Crippen molar-refractivity contribution in [2.24, 2.45) is 0 Å². The second kappa shape index (κ2) is 11.4. The Bertz CT molecular complexity index is 252. The minimum atomic E-state index is 0.602. The van der Waals surface area contributed by atoms with E-state index in [2.05, 4.69) is 26.8 Å². The molecule has 1 heteroatoms. The van der Waals surface area contributed by atoms with E-state index in [4.69, 9.17) is 4.74 Å². The number of unbranched alkanes of at least 4 members (excludes halogenated alkanes) is 8. The van der Waals surface area contributed by atoms with Crippen molar-refractivity contribution in [2.75, 3.05) is 0 Å². The van der Waals surface area contributed by atoms with Crippen LogP contribution in [0.15, 0.2) is 11.6 Å². The summed E-state index contributed by atoms with van der Waals surface area (Å²) in [5.74, 6) is 0. The molecule has 1 rings (SSSR count). The Balaban J connectivity index is 1.80. The summed E-state index contributed by atoms with van der Waals surface area (Å²) in [6.45, 7) is 6.64. The van der Waals surface area contributed by atoms with Crippen LogP contribution in [0.3, 0.4) is 0 Å². The van der Waals surface area contributed by atoms with Crippen molar-refractivity contribution in [1.82, 2.24) is 0 Å². The van der Waals surface area contributed by atoms with Crippen LogP contribution in [0.2, 0.25) is 0 Å². The van der Waals surface area contributed by atoms with Crippen LogP contribution in [0.25, 0.3) is 0 Å². The van der Waals surface area contributed by atoms with Crippen molar-refractivity contribution >= 4 is 0 Å². The molecule has 118 valence electrons. The minimum absolute atomic E-state index is 0.602. The molecule has 1 heterocycles. The lowest BCUT2D eigenvalue weighted by atomic mass is 10.0. The first-order valence-electron chi connectivity index (χ1n) is 9.03. The number of epoxide rings is 1. The number of ether oxygens (including phenoxy) is 1. The number of hydrogen-bond donors (Lipinski definition) is 0. The molecular formula is C19H36O. The summed E-state index contributed by atoms with van der Waals surface area (Å²) in [7, 11) is 0. The molecule has 2 atom stereocenters. The molecule has 1 saturated heterocycles. The summed E-state index contributed by atoms with van der Waals surface area (Å²) in [4.78, 5) is 0. The van der Waals surface area contributed by atoms with Crippen molar-refractivity contribution < 1.29 is 4.74 Å². The standard InChI is InChI=1S/C19H36O/c1-4-5-6-7-8-9-10-11-15-18-19(20-18)16-13-12-14-17(2)3/h14,18-19H,4-13,15-16H2,1-3H3. The van der Waals surface area contributed by atoms with Crippen LogP contribution in [-0.4, -0.2) is 12.2 Å². The fourth-order valence-electron chi connectivity index (χ4n) is 2.88. The van der Waals surface area contributed by atoms with Crippen LogP contribution in [0, 0.1) is 0 Å². The third kappa shape index (κ3) is 9.58. The van der Waals surface area contributed by atoms with Crippen LogP contribution >= 0.6 is 0 Å². The van der Waals surface area contributed by atoms with Gasteiger partial charge in [-0.1, -0.05) is 69.9 Å². The SMILES string of the molecule is CCCCCCCCCCC1OC1CCCC=C(C)C. The smallest absolute Gasteiger partial charge is 0.0842 e. The molecular weight excluding hydrogens is 244 g/mol. The summed E-state index contributed by atoms with van der Waals surface area (Å²) in [5, 5.41) is 0. The van der Waals surface area contributed by atoms with Gasteiger partial charge in [-0.25, -0.2) is 0 Å². The average molecular weight is 280 g/mol. The summed E-state index contributed by atoms with van der Waals surface area (Å²) in [6, 6.07) is 0. The van der Waals surface area contributed by atoms with Gasteiger partial charge in [-0.3, -0.25) is 0 Å². The Morgan fingerprint density at radius 1 is 0.800 bits per heavy atom. The lowest BCUT2D eigenvalue weighted by Crippen LogP contribution is -1.94. The van der Waals surface area contributed by atoms with E-state index in [9.17, 15) is 0 Å². The predicted molar refractivity (Wildman–Crippen MR) is 89.2 cm³/mol. The molecule has 0 amide bonds. The van der Waals surface area contributed by atoms with E-state index >= 15 is 0 Å². The molecule has 0 bridgehead atoms. The second-order valence-corrected chi connectivity index (χ2v) is 6.69. The molecule has 0 aliphatic carbocycles. The highest BCUT2D eigenvalue weighted by atomic mass is 16.6. The topological polar surface area (TPSA) is 12.5 Å². The summed E-state index contributed by atoms with van der Waals surface area (Å²) in [6.07, 6.45) is 20.0. The van der Waals surface area contributed by atoms with Gasteiger partial charge in [0.25, 0.3) is 0 Å². The summed E-state index contributed by atoms with van der Waals surface area (Å²) >= 11 is 0. The molecule has 0 spiro atoms. The Labute approximate surface area is 127 Å². The number of allylic oxidation sites excluding steroid dienone is 2. The molecule has 1 aliphatic rings. The molecule has 1 aliphatic heterocycles. The maximum atomic E-state index is 5.76. The lowest BCUT2D eigenvalue weighted by Gasteiger charge is -2.00. The first kappa shape index (κ1) is 17.8. The zero-order valence-electron chi connectivity index (χ0n) is 14.1. The van der Waals surface area contributed by atoms with Gasteiger partial charge in [-0.05, 0) is 39.5 Å². The van der Waals surface area contributed by atoms with Crippen molar-refractivity contribution in [3.63, 3.8) is 0 Å². The van der Waals surface area contributed by atoms with Gasteiger partial charge >= 0.3 is 0 Å². The van der Waals surface area contributed by atoms with E-state index in [0.717, 1.165) is 0 Å². The molecule has 0 saturated carbocycles. The van der Waals surface area contributed by atoms with Gasteiger partial charge in [0.2, 0.25) is 0 Å². The number of rotatable bonds is 13. The van der Waals surface area contributed by atoms with Crippen molar-refractivity contribution in [1.29, 1.82) is 0 Å². The fraction of sp³-hybridized carbons (Fsp3) is 0.895. The highest BCUT2D eigenvalue weighted by Crippen LogP contribution is 2.31. The van der Waals surface area contributed by atoms with Crippen LogP contribution in [0.1, 0.15) is 97.8 Å². The predicted octanol–water partition coefficient (Wildman–Crippen LogP) is 6.42. The summed E-state index contributed by atoms with van der Waals surface area (Å²) < 4.78 is 5.76. The Morgan fingerprint density at radius 3 is 1.95 bits per heavy atom. The van der Waals surface area contributed by atoms with Crippen LogP contribution in [0.5, 0.6) is 0 Å². The largest absolute Gasteiger partial charge is 0.370 e. The van der Waals surface area contributed by atoms with E-state index in [1.807, 2.05) is 0 Å². The van der Waals surface area contributed by atoms with E-state index in [1.54, 1.807) is 0 Å². The first-order valence-corrected chi connectivity index (χ1v) is 9.03. The average Bonchev–Trinajstić information content (AvgIpc) is 3.16. The molecule has 0 aromatic carbocycles. The molecule has 1 fully saturated rings. The Morgan fingerprint density at radius 2 is 1.35 bits per heavy atom. The van der Waals surface area contributed by atoms with Crippen molar-refractivity contribution in [2.45, 2.75) is 110 Å². The molecule has 20 heavy (non-hydrogen) atoms. The quantitative estimate of drug-likeness (QED) is 0.215. The molecule has 2 unspecified atom stereocenters. The zero-order valence-corrected chi connectivity index (χ0v) is 14.1. The normalized spacial score (nSPS) is 20.9. The summed E-state index contributed by atoms with van der Waals surface area (Å²) in [5.41, 5.74) is 1.44. The van der Waals surface area contributed by atoms with Gasteiger partial charge in [0.1, 0.15) is 0 Å². The first-order chi connectivity index (χ1) is 9.74. The lowest BCUT2D eigenvalue weighted by molar-refractivity contribution is 0.349. The molecule has 0 aromatic heterocycles. The van der Waals surface area contributed by atoms with Crippen molar-refractivity contribution in [3.05, 3.63) is 11.6 Å². The second-order valence-electron chi connectivity index (χ2n) is 6.69.